The molecular weight excluding hydrogens is 210 g/mol. The van der Waals surface area contributed by atoms with Crippen molar-refractivity contribution in [3.63, 3.8) is 0 Å². The summed E-state index contributed by atoms with van der Waals surface area (Å²) in [4.78, 5) is 0. The van der Waals surface area contributed by atoms with Crippen LogP contribution in [-0.2, 0) is 4.74 Å². The number of hydrogen-bond acceptors (Lipinski definition) is 2. The highest BCUT2D eigenvalue weighted by atomic mass is 16.5. The maximum atomic E-state index is 5.50. The summed E-state index contributed by atoms with van der Waals surface area (Å²) < 4.78 is 5.50. The van der Waals surface area contributed by atoms with E-state index in [1.54, 1.807) is 0 Å². The van der Waals surface area contributed by atoms with Crippen LogP contribution < -0.4 is 5.32 Å². The van der Waals surface area contributed by atoms with Gasteiger partial charge in [-0.05, 0) is 39.0 Å². The van der Waals surface area contributed by atoms with E-state index in [-0.39, 0.29) is 0 Å². The summed E-state index contributed by atoms with van der Waals surface area (Å²) >= 11 is 0. The zero-order valence-electron chi connectivity index (χ0n) is 12.2. The van der Waals surface area contributed by atoms with E-state index in [9.17, 15) is 0 Å². The maximum absolute atomic E-state index is 5.50. The molecule has 2 nitrogen and oxygen atoms in total. The van der Waals surface area contributed by atoms with Crippen molar-refractivity contribution < 1.29 is 4.74 Å². The van der Waals surface area contributed by atoms with Crippen molar-refractivity contribution in [3.8, 4) is 0 Å². The highest BCUT2D eigenvalue weighted by Crippen LogP contribution is 2.09. The summed E-state index contributed by atoms with van der Waals surface area (Å²) in [6, 6.07) is 0. The molecule has 0 heterocycles. The van der Waals surface area contributed by atoms with Crippen molar-refractivity contribution in [1.82, 2.24) is 5.32 Å². The van der Waals surface area contributed by atoms with Crippen LogP contribution in [0.3, 0.4) is 0 Å². The van der Waals surface area contributed by atoms with Crippen LogP contribution in [0.5, 0.6) is 0 Å². The molecule has 0 aromatic heterocycles. The Labute approximate surface area is 108 Å². The summed E-state index contributed by atoms with van der Waals surface area (Å²) in [5.41, 5.74) is 1.19. The van der Waals surface area contributed by atoms with Crippen LogP contribution in [0.2, 0.25) is 0 Å². The van der Waals surface area contributed by atoms with E-state index in [4.69, 9.17) is 4.74 Å². The van der Waals surface area contributed by atoms with Gasteiger partial charge in [0.2, 0.25) is 0 Å². The largest absolute Gasteiger partial charge is 0.389 e. The van der Waals surface area contributed by atoms with Crippen LogP contribution in [-0.4, -0.2) is 19.3 Å². The first-order chi connectivity index (χ1) is 8.07. The molecule has 0 spiro atoms. The summed E-state index contributed by atoms with van der Waals surface area (Å²) in [5, 5.41) is 3.42. The van der Waals surface area contributed by atoms with Gasteiger partial charge in [-0.1, -0.05) is 33.3 Å². The monoisotopic (exact) mass is 241 g/mol. The molecule has 2 heteroatoms. The van der Waals surface area contributed by atoms with Gasteiger partial charge in [-0.3, -0.25) is 0 Å². The third-order valence-electron chi connectivity index (χ3n) is 3.08. The van der Waals surface area contributed by atoms with Crippen LogP contribution in [0.25, 0.3) is 0 Å². The van der Waals surface area contributed by atoms with E-state index < -0.39 is 0 Å². The van der Waals surface area contributed by atoms with Crippen molar-refractivity contribution in [2.75, 3.05) is 13.2 Å². The Kier molecular flexibility index (Phi) is 10.3. The molecule has 1 unspecified atom stereocenters. The normalized spacial score (nSPS) is 12.8. The van der Waals surface area contributed by atoms with E-state index >= 15 is 0 Å². The smallest absolute Gasteiger partial charge is 0.0518 e. The molecule has 0 aliphatic carbocycles. The summed E-state index contributed by atoms with van der Waals surface area (Å²) in [6.07, 6.45) is 6.50. The number of ether oxygens (including phenoxy) is 1. The van der Waals surface area contributed by atoms with E-state index in [0.717, 1.165) is 13.2 Å². The van der Waals surface area contributed by atoms with Crippen molar-refractivity contribution in [2.24, 2.45) is 5.92 Å². The summed E-state index contributed by atoms with van der Waals surface area (Å²) in [5.74, 6) is 0.592. The molecule has 102 valence electrons. The third-order valence-corrected chi connectivity index (χ3v) is 3.08. The van der Waals surface area contributed by atoms with Gasteiger partial charge in [0.25, 0.3) is 0 Å². The van der Waals surface area contributed by atoms with Gasteiger partial charge in [-0.15, -0.1) is 0 Å². The zero-order chi connectivity index (χ0) is 13.1. The molecule has 0 aromatic rings. The first kappa shape index (κ1) is 16.5. The summed E-state index contributed by atoms with van der Waals surface area (Å²) in [7, 11) is 0. The lowest BCUT2D eigenvalue weighted by molar-refractivity contribution is 0.0757. The quantitative estimate of drug-likeness (QED) is 0.549. The van der Waals surface area contributed by atoms with E-state index in [1.807, 2.05) is 0 Å². The second kappa shape index (κ2) is 10.6. The number of rotatable bonds is 11. The van der Waals surface area contributed by atoms with E-state index in [2.05, 4.69) is 39.6 Å². The highest BCUT2D eigenvalue weighted by molar-refractivity contribution is 4.95. The minimum atomic E-state index is 0.371. The minimum absolute atomic E-state index is 0.371. The number of unbranched alkanes of at least 4 members (excludes halogenated alkanes) is 3. The number of hydrogen-bond donors (Lipinski definition) is 1. The predicted octanol–water partition coefficient (Wildman–Crippen LogP) is 4.12. The van der Waals surface area contributed by atoms with Crippen LogP contribution in [0.4, 0.5) is 0 Å². The Morgan fingerprint density at radius 2 is 1.76 bits per heavy atom. The van der Waals surface area contributed by atoms with Gasteiger partial charge in [0, 0.05) is 18.8 Å². The average Bonchev–Trinajstić information content (AvgIpc) is 2.30. The first-order valence-corrected chi connectivity index (χ1v) is 7.12. The van der Waals surface area contributed by atoms with Crippen molar-refractivity contribution >= 4 is 0 Å². The molecule has 1 N–H and O–H groups in total. The Bertz CT molecular complexity index is 189. The molecule has 0 amide bonds. The van der Waals surface area contributed by atoms with Crippen LogP contribution >= 0.6 is 0 Å². The highest BCUT2D eigenvalue weighted by Gasteiger charge is 2.02. The molecule has 1 atom stereocenters. The average molecular weight is 241 g/mol. The third kappa shape index (κ3) is 10.4. The van der Waals surface area contributed by atoms with Gasteiger partial charge in [0.1, 0.15) is 0 Å². The molecule has 0 rings (SSSR count). The lowest BCUT2D eigenvalue weighted by Gasteiger charge is -2.14. The standard InChI is InChI=1S/C15H31NO/c1-6-14(4)15(5)16-11-9-7-8-10-12-17-13(2)3/h13-14,16H,5-12H2,1-4H3. The Morgan fingerprint density at radius 1 is 1.12 bits per heavy atom. The van der Waals surface area contributed by atoms with E-state index in [1.165, 1.54) is 37.8 Å². The van der Waals surface area contributed by atoms with Crippen molar-refractivity contribution in [3.05, 3.63) is 12.3 Å². The molecule has 0 saturated heterocycles. The summed E-state index contributed by atoms with van der Waals surface area (Å²) in [6.45, 7) is 14.6. The fraction of sp³-hybridized carbons (Fsp3) is 0.867. The van der Waals surface area contributed by atoms with Gasteiger partial charge in [-0.25, -0.2) is 0 Å². The first-order valence-electron chi connectivity index (χ1n) is 7.12. The van der Waals surface area contributed by atoms with Crippen LogP contribution in [0.1, 0.15) is 59.8 Å². The molecule has 0 fully saturated rings. The zero-order valence-corrected chi connectivity index (χ0v) is 12.2. The second-order valence-corrected chi connectivity index (χ2v) is 5.10. The van der Waals surface area contributed by atoms with Crippen LogP contribution in [0.15, 0.2) is 12.3 Å². The van der Waals surface area contributed by atoms with Gasteiger partial charge < -0.3 is 10.1 Å². The predicted molar refractivity (Wildman–Crippen MR) is 76.2 cm³/mol. The van der Waals surface area contributed by atoms with E-state index in [0.29, 0.717) is 12.0 Å². The molecule has 0 aliphatic rings. The Morgan fingerprint density at radius 3 is 2.35 bits per heavy atom. The van der Waals surface area contributed by atoms with Crippen molar-refractivity contribution in [2.45, 2.75) is 65.9 Å². The number of allylic oxidation sites excluding steroid dienone is 1. The lowest BCUT2D eigenvalue weighted by Crippen LogP contribution is -2.18. The lowest BCUT2D eigenvalue weighted by atomic mass is 10.1. The molecular formula is C15H31NO. The minimum Gasteiger partial charge on any atom is -0.389 e. The molecule has 0 saturated carbocycles. The fourth-order valence-electron chi connectivity index (χ4n) is 1.57. The fourth-order valence-corrected chi connectivity index (χ4v) is 1.57. The molecule has 0 aromatic carbocycles. The SMILES string of the molecule is C=C(NCCCCCCOC(C)C)C(C)CC. The second-order valence-electron chi connectivity index (χ2n) is 5.10. The Hall–Kier alpha value is -0.500. The van der Waals surface area contributed by atoms with Crippen LogP contribution in [0, 0.1) is 5.92 Å². The van der Waals surface area contributed by atoms with Gasteiger partial charge in [0.05, 0.1) is 6.10 Å². The molecule has 0 radical (unpaired) electrons. The Balaban J connectivity index is 3.21. The van der Waals surface area contributed by atoms with Gasteiger partial charge in [-0.2, -0.15) is 0 Å². The molecule has 0 aliphatic heterocycles. The maximum Gasteiger partial charge on any atom is 0.0518 e. The van der Waals surface area contributed by atoms with Crippen molar-refractivity contribution in [1.29, 1.82) is 0 Å². The van der Waals surface area contributed by atoms with Gasteiger partial charge >= 0.3 is 0 Å². The van der Waals surface area contributed by atoms with Gasteiger partial charge in [0.15, 0.2) is 0 Å². The number of nitrogens with one attached hydrogen (secondary N) is 1. The molecule has 17 heavy (non-hydrogen) atoms. The topological polar surface area (TPSA) is 21.3 Å². The molecule has 0 bridgehead atoms.